The van der Waals surface area contributed by atoms with Crippen LogP contribution in [0.5, 0.6) is 0 Å². The van der Waals surface area contributed by atoms with Crippen molar-refractivity contribution in [3.8, 4) is 6.07 Å². The van der Waals surface area contributed by atoms with Gasteiger partial charge in [0, 0.05) is 17.9 Å². The molecule has 0 saturated heterocycles. The highest BCUT2D eigenvalue weighted by Crippen LogP contribution is 2.13. The predicted molar refractivity (Wildman–Crippen MR) is 75.4 cm³/mol. The first-order chi connectivity index (χ1) is 8.43. The summed E-state index contributed by atoms with van der Waals surface area (Å²) < 4.78 is 14.5. The van der Waals surface area contributed by atoms with Gasteiger partial charge >= 0.3 is 0 Å². The molecule has 0 aliphatic carbocycles. The van der Waals surface area contributed by atoms with Crippen LogP contribution in [0.2, 0.25) is 0 Å². The molecule has 0 unspecified atom stereocenters. The zero-order chi connectivity index (χ0) is 13.6. The quantitative estimate of drug-likeness (QED) is 0.657. The molecule has 0 aliphatic rings. The maximum Gasteiger partial charge on any atom is 0.136 e. The fraction of sp³-hybridized carbons (Fsp3) is 0.500. The van der Waals surface area contributed by atoms with Crippen LogP contribution in [0.25, 0.3) is 0 Å². The van der Waals surface area contributed by atoms with Crippen molar-refractivity contribution >= 4 is 11.4 Å². The van der Waals surface area contributed by atoms with E-state index in [0.717, 1.165) is 24.9 Å². The van der Waals surface area contributed by atoms with Gasteiger partial charge in [0.1, 0.15) is 4.75 Å². The molecule has 4 heteroatoms. The summed E-state index contributed by atoms with van der Waals surface area (Å²) in [6, 6.07) is 9.75. The first kappa shape index (κ1) is 15.0. The van der Waals surface area contributed by atoms with Crippen molar-refractivity contribution in [3.05, 3.63) is 35.4 Å². The normalized spacial score (nSPS) is 13.1. The van der Waals surface area contributed by atoms with Gasteiger partial charge < -0.3 is 4.55 Å². The van der Waals surface area contributed by atoms with Gasteiger partial charge in [0.25, 0.3) is 0 Å². The van der Waals surface area contributed by atoms with E-state index in [1.54, 1.807) is 6.07 Å². The van der Waals surface area contributed by atoms with Crippen molar-refractivity contribution in [1.29, 1.82) is 5.26 Å². The van der Waals surface area contributed by atoms with E-state index >= 15 is 0 Å². The number of nitrogens with zero attached hydrogens (tertiary/aromatic N) is 1. The van der Waals surface area contributed by atoms with Gasteiger partial charge in [0.2, 0.25) is 0 Å². The molecule has 0 fully saturated rings. The van der Waals surface area contributed by atoms with Crippen molar-refractivity contribution in [2.45, 2.75) is 38.4 Å². The number of nitrogens with one attached hydrogen (secondary N) is 1. The van der Waals surface area contributed by atoms with E-state index in [0.29, 0.717) is 5.56 Å². The molecule has 1 N–H and O–H groups in total. The Morgan fingerprint density at radius 2 is 2.11 bits per heavy atom. The molecule has 0 radical (unpaired) electrons. The molecule has 0 saturated carbocycles. The van der Waals surface area contributed by atoms with Crippen molar-refractivity contribution in [1.82, 2.24) is 4.72 Å². The highest BCUT2D eigenvalue weighted by molar-refractivity contribution is 7.90. The third-order valence-corrected chi connectivity index (χ3v) is 4.07. The Kier molecular flexibility index (Phi) is 5.67. The summed E-state index contributed by atoms with van der Waals surface area (Å²) in [5.41, 5.74) is 1.84. The second-order valence-electron chi connectivity index (χ2n) is 5.19. The minimum absolute atomic E-state index is 0.222. The summed E-state index contributed by atoms with van der Waals surface area (Å²) in [5, 5.41) is 8.79. The monoisotopic (exact) mass is 264 g/mol. The minimum Gasteiger partial charge on any atom is -0.598 e. The molecule has 1 rings (SSSR count). The maximum absolute atomic E-state index is 11.7. The van der Waals surface area contributed by atoms with Crippen molar-refractivity contribution in [2.24, 2.45) is 0 Å². The van der Waals surface area contributed by atoms with Gasteiger partial charge in [-0.1, -0.05) is 12.1 Å². The van der Waals surface area contributed by atoms with Crippen LogP contribution in [0.1, 0.15) is 38.3 Å². The van der Waals surface area contributed by atoms with E-state index in [4.69, 9.17) is 5.26 Å². The van der Waals surface area contributed by atoms with Gasteiger partial charge in [-0.3, -0.25) is 0 Å². The zero-order valence-corrected chi connectivity index (χ0v) is 12.0. The Morgan fingerprint density at radius 3 is 2.72 bits per heavy atom. The molecule has 0 amide bonds. The molecule has 0 aromatic heterocycles. The SMILES string of the molecule is CC(C)(C)[S@+]([O-])NCCCc1cccc(C#N)c1. The first-order valence-electron chi connectivity index (χ1n) is 6.08. The summed E-state index contributed by atoms with van der Waals surface area (Å²) in [6.07, 6.45) is 1.81. The van der Waals surface area contributed by atoms with Crippen LogP contribution in [0.15, 0.2) is 24.3 Å². The Balaban J connectivity index is 2.32. The van der Waals surface area contributed by atoms with Crippen LogP contribution < -0.4 is 4.72 Å². The Bertz CT molecular complexity index is 421. The topological polar surface area (TPSA) is 58.9 Å². The highest BCUT2D eigenvalue weighted by Gasteiger charge is 2.25. The minimum atomic E-state index is -1.00. The van der Waals surface area contributed by atoms with Crippen molar-refractivity contribution in [3.63, 3.8) is 0 Å². The van der Waals surface area contributed by atoms with Gasteiger partial charge in [-0.05, 0) is 51.3 Å². The largest absolute Gasteiger partial charge is 0.598 e. The number of rotatable bonds is 5. The maximum atomic E-state index is 11.7. The summed E-state index contributed by atoms with van der Waals surface area (Å²) >= 11 is -1.00. The second kappa shape index (κ2) is 6.79. The van der Waals surface area contributed by atoms with Gasteiger partial charge in [-0.2, -0.15) is 5.26 Å². The Morgan fingerprint density at radius 1 is 1.39 bits per heavy atom. The second-order valence-corrected chi connectivity index (χ2v) is 7.24. The van der Waals surface area contributed by atoms with Gasteiger partial charge in [-0.25, -0.2) is 0 Å². The molecule has 0 bridgehead atoms. The number of hydrogen-bond acceptors (Lipinski definition) is 3. The zero-order valence-electron chi connectivity index (χ0n) is 11.2. The standard InChI is InChI=1S/C14H20N2OS/c1-14(2,3)18(17)16-9-5-8-12-6-4-7-13(10-12)11-15/h4,6-7,10,16H,5,8-9H2,1-3H3/t18-/m0/s1. The Labute approximate surface area is 113 Å². The van der Waals surface area contributed by atoms with Crippen LogP contribution in [0.4, 0.5) is 0 Å². The molecule has 0 spiro atoms. The lowest BCUT2D eigenvalue weighted by atomic mass is 10.1. The molecule has 98 valence electrons. The molecule has 1 aromatic carbocycles. The summed E-state index contributed by atoms with van der Waals surface area (Å²) in [4.78, 5) is 0. The third kappa shape index (κ3) is 5.09. The predicted octanol–water partition coefficient (Wildman–Crippen LogP) is 2.54. The van der Waals surface area contributed by atoms with Crippen LogP contribution in [0, 0.1) is 11.3 Å². The molecule has 1 atom stereocenters. The Hall–Kier alpha value is -1.02. The molecule has 0 heterocycles. The van der Waals surface area contributed by atoms with Crippen LogP contribution in [0.3, 0.4) is 0 Å². The van der Waals surface area contributed by atoms with Crippen LogP contribution in [-0.2, 0) is 17.8 Å². The number of nitriles is 1. The lowest BCUT2D eigenvalue weighted by Gasteiger charge is -2.23. The first-order valence-corrected chi connectivity index (χ1v) is 7.23. The van der Waals surface area contributed by atoms with Gasteiger partial charge in [-0.15, -0.1) is 4.72 Å². The van der Waals surface area contributed by atoms with E-state index in [9.17, 15) is 4.55 Å². The van der Waals surface area contributed by atoms with Crippen LogP contribution in [-0.4, -0.2) is 15.8 Å². The van der Waals surface area contributed by atoms with E-state index in [2.05, 4.69) is 10.8 Å². The van der Waals surface area contributed by atoms with Crippen LogP contribution >= 0.6 is 0 Å². The third-order valence-electron chi connectivity index (χ3n) is 2.49. The fourth-order valence-electron chi connectivity index (χ4n) is 1.47. The lowest BCUT2D eigenvalue weighted by molar-refractivity contribution is 0.542. The summed E-state index contributed by atoms with van der Waals surface area (Å²) in [5.74, 6) is 0. The van der Waals surface area contributed by atoms with E-state index in [-0.39, 0.29) is 4.75 Å². The highest BCUT2D eigenvalue weighted by atomic mass is 32.2. The van der Waals surface area contributed by atoms with E-state index < -0.39 is 11.4 Å². The number of benzene rings is 1. The molecular weight excluding hydrogens is 244 g/mol. The van der Waals surface area contributed by atoms with Gasteiger partial charge in [0.15, 0.2) is 0 Å². The average Bonchev–Trinajstić information content (AvgIpc) is 2.33. The fourth-order valence-corrected chi connectivity index (χ4v) is 2.23. The summed E-state index contributed by atoms with van der Waals surface area (Å²) in [7, 11) is 0. The number of aryl methyl sites for hydroxylation is 1. The number of hydrogen-bond donors (Lipinski definition) is 1. The molecular formula is C14H20N2OS. The van der Waals surface area contributed by atoms with Crippen molar-refractivity contribution < 1.29 is 4.55 Å². The molecule has 0 aliphatic heterocycles. The molecule has 1 aromatic rings. The van der Waals surface area contributed by atoms with E-state index in [1.807, 2.05) is 39.0 Å². The average molecular weight is 264 g/mol. The molecule has 3 nitrogen and oxygen atoms in total. The van der Waals surface area contributed by atoms with E-state index in [1.165, 1.54) is 0 Å². The van der Waals surface area contributed by atoms with Crippen molar-refractivity contribution in [2.75, 3.05) is 6.54 Å². The summed E-state index contributed by atoms with van der Waals surface area (Å²) in [6.45, 7) is 6.58. The van der Waals surface area contributed by atoms with Gasteiger partial charge in [0.05, 0.1) is 11.6 Å². The lowest BCUT2D eigenvalue weighted by Crippen LogP contribution is -2.39. The smallest absolute Gasteiger partial charge is 0.136 e. The molecule has 18 heavy (non-hydrogen) atoms.